The van der Waals surface area contributed by atoms with Gasteiger partial charge in [-0.05, 0) is 25.7 Å². The molecule has 0 radical (unpaired) electrons. The number of quaternary nitrogens is 1. The Hall–Kier alpha value is -3.16. The van der Waals surface area contributed by atoms with E-state index >= 15 is 0 Å². The van der Waals surface area contributed by atoms with Gasteiger partial charge < -0.3 is 26.2 Å². The summed E-state index contributed by atoms with van der Waals surface area (Å²) in [5, 5.41) is 28.0. The van der Waals surface area contributed by atoms with E-state index in [9.17, 15) is 24.7 Å². The van der Waals surface area contributed by atoms with Crippen molar-refractivity contribution >= 4 is 51.7 Å². The van der Waals surface area contributed by atoms with Crippen LogP contribution in [0.5, 0.6) is 0 Å². The van der Waals surface area contributed by atoms with Gasteiger partial charge in [0.25, 0.3) is 11.8 Å². The molecule has 2 atom stereocenters. The number of amides is 2. The molecule has 35 heavy (non-hydrogen) atoms. The lowest BCUT2D eigenvalue weighted by Gasteiger charge is -2.51. The fourth-order valence-electron chi connectivity index (χ4n) is 5.11. The number of carbonyl (C=O) groups is 3. The van der Waals surface area contributed by atoms with Crippen LogP contribution in [0, 0.1) is 0 Å². The molecule has 13 heteroatoms. The first-order chi connectivity index (χ1) is 16.7. The molecule has 3 aliphatic heterocycles. The highest BCUT2D eigenvalue weighted by atomic mass is 32.2. The lowest BCUT2D eigenvalue weighted by atomic mass is 9.92. The maximum absolute atomic E-state index is 13.0. The van der Waals surface area contributed by atoms with Gasteiger partial charge in [-0.15, -0.1) is 23.1 Å². The Balaban J connectivity index is 1.34. The normalized spacial score (nSPS) is 25.3. The predicted octanol–water partition coefficient (Wildman–Crippen LogP) is 0.110. The van der Waals surface area contributed by atoms with Crippen molar-refractivity contribution in [3.05, 3.63) is 45.9 Å². The Kier molecular flexibility index (Phi) is 5.93. The van der Waals surface area contributed by atoms with Gasteiger partial charge in [0.1, 0.15) is 36.1 Å². The summed E-state index contributed by atoms with van der Waals surface area (Å²) in [6, 6.07) is -0.972. The number of carboxylic acid groups (broad SMARTS) is 1. The van der Waals surface area contributed by atoms with Crippen LogP contribution in [-0.2, 0) is 14.4 Å². The third-order valence-electron chi connectivity index (χ3n) is 6.59. The van der Waals surface area contributed by atoms with Crippen molar-refractivity contribution in [3.8, 4) is 0 Å². The fraction of sp³-hybridized carbons (Fsp3) is 0.409. The molecule has 5 rings (SSSR count). The smallest absolute Gasteiger partial charge is 0.276 e. The van der Waals surface area contributed by atoms with Crippen LogP contribution in [0.25, 0.3) is 0 Å². The van der Waals surface area contributed by atoms with Gasteiger partial charge in [-0.1, -0.05) is 5.16 Å². The van der Waals surface area contributed by atoms with Crippen molar-refractivity contribution in [1.29, 1.82) is 0 Å². The second-order valence-electron chi connectivity index (χ2n) is 9.14. The Bertz CT molecular complexity index is 1230. The minimum atomic E-state index is -1.41. The zero-order valence-corrected chi connectivity index (χ0v) is 20.5. The summed E-state index contributed by atoms with van der Waals surface area (Å²) in [5.74, 6) is -2.40. The van der Waals surface area contributed by atoms with E-state index in [0.29, 0.717) is 22.4 Å². The number of rotatable bonds is 6. The van der Waals surface area contributed by atoms with E-state index in [1.165, 1.54) is 33.2 Å². The molecule has 1 aromatic rings. The first-order valence-electron chi connectivity index (χ1n) is 11.1. The van der Waals surface area contributed by atoms with E-state index in [1.807, 2.05) is 7.05 Å². The molecule has 0 bridgehead atoms. The fourth-order valence-corrected chi connectivity index (χ4v) is 6.99. The number of hydrogen-bond donors (Lipinski definition) is 3. The number of nitrogen functional groups attached to an aromatic ring is 1. The predicted molar refractivity (Wildman–Crippen MR) is 128 cm³/mol. The number of nitrogens with one attached hydrogen (secondary N) is 1. The highest BCUT2D eigenvalue weighted by Crippen LogP contribution is 2.42. The molecule has 4 aliphatic rings. The number of aromatic nitrogens is 1. The SMILES string of the molecule is C[N+]1(CC2=C(C(=O)[O-])N3C(=O)[C@@H](NC(=O)/C(=N\O)c4csc(N)n4)[C@H]3SC2)C=C2CCCCC2=C1. The highest BCUT2D eigenvalue weighted by molar-refractivity contribution is 8.00. The van der Waals surface area contributed by atoms with Crippen LogP contribution in [0.2, 0.25) is 0 Å². The number of carboxylic acids is 1. The van der Waals surface area contributed by atoms with Gasteiger partial charge in [0, 0.05) is 27.9 Å². The zero-order chi connectivity index (χ0) is 24.9. The molecule has 11 nitrogen and oxygen atoms in total. The maximum Gasteiger partial charge on any atom is 0.276 e. The van der Waals surface area contributed by atoms with Crippen LogP contribution in [0.4, 0.5) is 5.13 Å². The van der Waals surface area contributed by atoms with Crippen LogP contribution < -0.4 is 16.2 Å². The third-order valence-corrected chi connectivity index (χ3v) is 8.61. The molecule has 2 amide bonds. The molecule has 4 N–H and O–H groups in total. The number of allylic oxidation sites excluding steroid dienone is 2. The molecular weight excluding hydrogens is 492 g/mol. The summed E-state index contributed by atoms with van der Waals surface area (Å²) in [5.41, 5.74) is 8.41. The van der Waals surface area contributed by atoms with Crippen LogP contribution >= 0.6 is 23.1 Å². The Morgan fingerprint density at radius 3 is 2.60 bits per heavy atom. The molecule has 1 aliphatic carbocycles. The summed E-state index contributed by atoms with van der Waals surface area (Å²) in [4.78, 5) is 42.9. The number of nitrogens with zero attached hydrogens (tertiary/aromatic N) is 4. The third kappa shape index (κ3) is 4.13. The number of anilines is 1. The van der Waals surface area contributed by atoms with Crippen LogP contribution in [0.3, 0.4) is 0 Å². The lowest BCUT2D eigenvalue weighted by molar-refractivity contribution is -0.799. The summed E-state index contributed by atoms with van der Waals surface area (Å²) >= 11 is 2.45. The first-order valence-corrected chi connectivity index (χ1v) is 13.0. The summed E-state index contributed by atoms with van der Waals surface area (Å²) in [6.07, 6.45) is 8.71. The van der Waals surface area contributed by atoms with Gasteiger partial charge in [0.05, 0.1) is 18.7 Å². The largest absolute Gasteiger partial charge is 0.543 e. The number of β-lactam (4-membered cyclic amide) rings is 1. The number of carbonyl (C=O) groups excluding carboxylic acids is 3. The average Bonchev–Trinajstić information content (AvgIpc) is 3.39. The Morgan fingerprint density at radius 1 is 1.34 bits per heavy atom. The molecule has 184 valence electrons. The van der Waals surface area contributed by atoms with Crippen LogP contribution in [0.1, 0.15) is 31.4 Å². The van der Waals surface area contributed by atoms with Gasteiger partial charge in [-0.2, -0.15) is 0 Å². The van der Waals surface area contributed by atoms with Crippen LogP contribution in [-0.4, -0.2) is 73.8 Å². The van der Waals surface area contributed by atoms with Crippen molar-refractivity contribution < 1.29 is 29.2 Å². The number of fused-ring (bicyclic) bond motifs is 2. The van der Waals surface area contributed by atoms with Gasteiger partial charge in [-0.3, -0.25) is 19.0 Å². The van der Waals surface area contributed by atoms with Crippen LogP contribution in [0.15, 0.2) is 45.4 Å². The van der Waals surface area contributed by atoms with Crippen molar-refractivity contribution in [1.82, 2.24) is 15.2 Å². The zero-order valence-electron chi connectivity index (χ0n) is 18.9. The summed E-state index contributed by atoms with van der Waals surface area (Å²) < 4.78 is 0.456. The van der Waals surface area contributed by atoms with E-state index in [1.54, 1.807) is 0 Å². The molecular formula is C22H24N6O5S2. The number of aliphatic carboxylic acids is 1. The van der Waals surface area contributed by atoms with E-state index in [4.69, 9.17) is 5.73 Å². The Morgan fingerprint density at radius 2 is 2.03 bits per heavy atom. The van der Waals surface area contributed by atoms with Crippen molar-refractivity contribution in [2.75, 3.05) is 25.1 Å². The summed E-state index contributed by atoms with van der Waals surface area (Å²) in [7, 11) is 2.02. The number of hydrogen-bond acceptors (Lipinski definition) is 10. The van der Waals surface area contributed by atoms with Gasteiger partial charge in [0.2, 0.25) is 0 Å². The van der Waals surface area contributed by atoms with E-state index in [0.717, 1.165) is 37.0 Å². The molecule has 1 saturated heterocycles. The molecule has 2 fully saturated rings. The first kappa shape index (κ1) is 23.6. The molecule has 1 saturated carbocycles. The summed E-state index contributed by atoms with van der Waals surface area (Å²) in [6.45, 7) is 0.420. The molecule has 0 aromatic carbocycles. The van der Waals surface area contributed by atoms with E-state index in [2.05, 4.69) is 27.9 Å². The standard InChI is InChI=1S/C22H24N6O5S2/c1-28(6-11-4-2-3-5-12(11)7-28)8-13-9-34-20-16(19(30)27(20)17(13)21(31)32)25-18(29)15(26-33)14-10-35-22(23)24-14/h6-7,10,16,20H,2-5,8-9H2,1H3,(H4-,23,24,25,29,31,32,33)/t16-,20-/m1/s1. The van der Waals surface area contributed by atoms with Gasteiger partial charge in [-0.25, -0.2) is 4.98 Å². The van der Waals surface area contributed by atoms with Gasteiger partial charge >= 0.3 is 0 Å². The van der Waals surface area contributed by atoms with Crippen molar-refractivity contribution in [3.63, 3.8) is 0 Å². The minimum absolute atomic E-state index is 0.0800. The van der Waals surface area contributed by atoms with Gasteiger partial charge in [0.15, 0.2) is 10.8 Å². The molecule has 0 unspecified atom stereocenters. The molecule has 4 heterocycles. The maximum atomic E-state index is 13.0. The quantitative estimate of drug-likeness (QED) is 0.158. The number of likely N-dealkylation sites (N-methyl/N-ethyl adjacent to an activating group) is 1. The average molecular weight is 517 g/mol. The van der Waals surface area contributed by atoms with Crippen molar-refractivity contribution in [2.24, 2.45) is 5.16 Å². The topological polar surface area (TPSA) is 161 Å². The lowest BCUT2D eigenvalue weighted by Crippen LogP contribution is -2.71. The second kappa shape index (κ2) is 8.81. The molecule has 0 spiro atoms. The number of thiazole rings is 1. The number of thioether (sulfide) groups is 1. The van der Waals surface area contributed by atoms with E-state index in [-0.39, 0.29) is 22.2 Å². The minimum Gasteiger partial charge on any atom is -0.543 e. The number of oxime groups is 1. The van der Waals surface area contributed by atoms with E-state index < -0.39 is 29.2 Å². The molecule has 1 aromatic heterocycles. The Labute approximate surface area is 209 Å². The second-order valence-corrected chi connectivity index (χ2v) is 11.1. The highest BCUT2D eigenvalue weighted by Gasteiger charge is 2.53. The van der Waals surface area contributed by atoms with Crippen molar-refractivity contribution in [2.45, 2.75) is 37.1 Å². The number of nitrogens with two attached hydrogens (primary N) is 1. The monoisotopic (exact) mass is 516 g/mol.